The molecule has 2 rings (SSSR count). The summed E-state index contributed by atoms with van der Waals surface area (Å²) in [5.74, 6) is -1.76. The molecule has 1 aliphatic rings. The molecule has 1 fully saturated rings. The highest BCUT2D eigenvalue weighted by atomic mass is 16.4. The number of aryl methyl sites for hydroxylation is 1. The molecule has 1 heterocycles. The van der Waals surface area contributed by atoms with Crippen molar-refractivity contribution in [2.24, 2.45) is 0 Å². The number of anilines is 1. The number of carboxylic acids is 1. The lowest BCUT2D eigenvalue weighted by molar-refractivity contribution is -0.137. The maximum atomic E-state index is 11.9. The molecule has 1 aliphatic heterocycles. The Kier molecular flexibility index (Phi) is 4.72. The molecule has 8 heteroatoms. The molecular weight excluding hydrogens is 290 g/mol. The molecule has 0 bridgehead atoms. The normalized spacial score (nSPS) is 13.9. The van der Waals surface area contributed by atoms with Crippen molar-refractivity contribution >= 4 is 29.5 Å². The van der Waals surface area contributed by atoms with Crippen LogP contribution in [-0.4, -0.2) is 46.9 Å². The number of imide groups is 1. The number of aliphatic carboxylic acids is 1. The van der Waals surface area contributed by atoms with Gasteiger partial charge in [-0.1, -0.05) is 12.1 Å². The summed E-state index contributed by atoms with van der Waals surface area (Å²) in [5.41, 5.74) is 1.30. The van der Waals surface area contributed by atoms with E-state index < -0.39 is 23.8 Å². The monoisotopic (exact) mass is 305 g/mol. The molecule has 0 radical (unpaired) electrons. The predicted octanol–water partition coefficient (Wildman–Crippen LogP) is 0.194. The molecule has 1 aromatic rings. The number of hydrogen-bond donors (Lipinski definition) is 3. The largest absolute Gasteiger partial charge is 0.481 e. The average Bonchev–Trinajstić information content (AvgIpc) is 2.75. The van der Waals surface area contributed by atoms with E-state index in [0.717, 1.165) is 10.5 Å². The van der Waals surface area contributed by atoms with Crippen LogP contribution in [-0.2, 0) is 20.8 Å². The van der Waals surface area contributed by atoms with Gasteiger partial charge in [0.05, 0.1) is 0 Å². The van der Waals surface area contributed by atoms with Crippen LogP contribution < -0.4 is 10.6 Å². The minimum Gasteiger partial charge on any atom is -0.481 e. The molecule has 0 saturated carbocycles. The van der Waals surface area contributed by atoms with Crippen molar-refractivity contribution in [3.05, 3.63) is 29.8 Å². The molecule has 116 valence electrons. The molecule has 4 amide bonds. The Balaban J connectivity index is 1.91. The zero-order valence-corrected chi connectivity index (χ0v) is 11.7. The Morgan fingerprint density at radius 3 is 2.73 bits per heavy atom. The highest BCUT2D eigenvalue weighted by Crippen LogP contribution is 2.12. The molecule has 3 N–H and O–H groups in total. The van der Waals surface area contributed by atoms with E-state index in [2.05, 4.69) is 10.6 Å². The van der Waals surface area contributed by atoms with E-state index in [9.17, 15) is 19.2 Å². The highest BCUT2D eigenvalue weighted by Gasteiger charge is 2.28. The number of hydrogen-bond acceptors (Lipinski definition) is 4. The summed E-state index contributed by atoms with van der Waals surface area (Å²) in [6.45, 7) is -0.359. The summed E-state index contributed by atoms with van der Waals surface area (Å²) in [6, 6.07) is 6.23. The van der Waals surface area contributed by atoms with Gasteiger partial charge in [0.15, 0.2) is 0 Å². The number of carbonyl (C=O) groups is 4. The molecular formula is C14H15N3O5. The summed E-state index contributed by atoms with van der Waals surface area (Å²) in [7, 11) is 0. The van der Waals surface area contributed by atoms with Gasteiger partial charge in [-0.2, -0.15) is 0 Å². The third kappa shape index (κ3) is 4.30. The van der Waals surface area contributed by atoms with Crippen molar-refractivity contribution in [3.63, 3.8) is 0 Å². The first kappa shape index (κ1) is 15.5. The second-order valence-corrected chi connectivity index (χ2v) is 4.85. The van der Waals surface area contributed by atoms with Crippen LogP contribution in [0.3, 0.4) is 0 Å². The minimum absolute atomic E-state index is 0.00740. The van der Waals surface area contributed by atoms with Crippen LogP contribution in [0.5, 0.6) is 0 Å². The van der Waals surface area contributed by atoms with E-state index in [4.69, 9.17) is 5.11 Å². The lowest BCUT2D eigenvalue weighted by Gasteiger charge is -2.13. The van der Waals surface area contributed by atoms with Gasteiger partial charge in [0.25, 0.3) is 0 Å². The summed E-state index contributed by atoms with van der Waals surface area (Å²) in [5, 5.41) is 13.4. The number of nitrogens with one attached hydrogen (secondary N) is 2. The third-order valence-electron chi connectivity index (χ3n) is 3.04. The SMILES string of the molecule is O=C(O)CCc1cccc(NC(=O)CN2CC(=O)NC2=O)c1. The maximum absolute atomic E-state index is 11.9. The van der Waals surface area contributed by atoms with Gasteiger partial charge >= 0.3 is 12.0 Å². The molecule has 8 nitrogen and oxygen atoms in total. The van der Waals surface area contributed by atoms with Gasteiger partial charge in [0, 0.05) is 12.1 Å². The Morgan fingerprint density at radius 2 is 2.09 bits per heavy atom. The van der Waals surface area contributed by atoms with Gasteiger partial charge < -0.3 is 15.3 Å². The number of rotatable bonds is 6. The molecule has 0 aliphatic carbocycles. The van der Waals surface area contributed by atoms with Crippen LogP contribution >= 0.6 is 0 Å². The zero-order chi connectivity index (χ0) is 16.1. The number of carboxylic acid groups (broad SMARTS) is 1. The van der Waals surface area contributed by atoms with Crippen LogP contribution in [0.25, 0.3) is 0 Å². The maximum Gasteiger partial charge on any atom is 0.325 e. The number of benzene rings is 1. The zero-order valence-electron chi connectivity index (χ0n) is 11.7. The van der Waals surface area contributed by atoms with Crippen LogP contribution in [0.15, 0.2) is 24.3 Å². The fourth-order valence-corrected chi connectivity index (χ4v) is 2.04. The van der Waals surface area contributed by atoms with Crippen LogP contribution in [0, 0.1) is 0 Å². The topological polar surface area (TPSA) is 116 Å². The first-order valence-corrected chi connectivity index (χ1v) is 6.63. The molecule has 0 aromatic heterocycles. The smallest absolute Gasteiger partial charge is 0.325 e. The van der Waals surface area contributed by atoms with Crippen molar-refractivity contribution in [1.82, 2.24) is 10.2 Å². The minimum atomic E-state index is -0.890. The Bertz CT molecular complexity index is 629. The number of nitrogens with zero attached hydrogens (tertiary/aromatic N) is 1. The van der Waals surface area contributed by atoms with E-state index in [1.54, 1.807) is 24.3 Å². The highest BCUT2D eigenvalue weighted by molar-refractivity contribution is 6.04. The van der Waals surface area contributed by atoms with E-state index >= 15 is 0 Å². The average molecular weight is 305 g/mol. The van der Waals surface area contributed by atoms with Gasteiger partial charge in [-0.25, -0.2) is 4.79 Å². The Hall–Kier alpha value is -2.90. The van der Waals surface area contributed by atoms with Crippen molar-refractivity contribution in [1.29, 1.82) is 0 Å². The van der Waals surface area contributed by atoms with Crippen LogP contribution in [0.1, 0.15) is 12.0 Å². The van der Waals surface area contributed by atoms with Crippen LogP contribution in [0.2, 0.25) is 0 Å². The molecule has 1 aromatic carbocycles. The first-order chi connectivity index (χ1) is 10.4. The van der Waals surface area contributed by atoms with E-state index in [1.165, 1.54) is 0 Å². The van der Waals surface area contributed by atoms with Gasteiger partial charge in [-0.3, -0.25) is 19.7 Å². The summed E-state index contributed by atoms with van der Waals surface area (Å²) in [6.07, 6.45) is 0.371. The standard InChI is InChI=1S/C14H15N3O5/c18-11(7-17-8-12(19)16-14(17)22)15-10-3-1-2-9(6-10)4-5-13(20)21/h1-3,6H,4-5,7-8H2,(H,15,18)(H,20,21)(H,16,19,22). The van der Waals surface area contributed by atoms with Crippen molar-refractivity contribution < 1.29 is 24.3 Å². The predicted molar refractivity (Wildman–Crippen MR) is 76.1 cm³/mol. The van der Waals surface area contributed by atoms with Crippen LogP contribution in [0.4, 0.5) is 10.5 Å². The number of amides is 4. The second kappa shape index (κ2) is 6.70. The van der Waals surface area contributed by atoms with Gasteiger partial charge in [-0.05, 0) is 24.1 Å². The molecule has 1 saturated heterocycles. The van der Waals surface area contributed by atoms with E-state index in [1.807, 2.05) is 0 Å². The van der Waals surface area contributed by atoms with Crippen molar-refractivity contribution in [2.75, 3.05) is 18.4 Å². The quantitative estimate of drug-likeness (QED) is 0.649. The van der Waals surface area contributed by atoms with Crippen molar-refractivity contribution in [2.45, 2.75) is 12.8 Å². The van der Waals surface area contributed by atoms with Gasteiger partial charge in [0.2, 0.25) is 11.8 Å². The summed E-state index contributed by atoms with van der Waals surface area (Å²) in [4.78, 5) is 45.9. The lowest BCUT2D eigenvalue weighted by atomic mass is 10.1. The Labute approximate surface area is 126 Å². The van der Waals surface area contributed by atoms with E-state index in [0.29, 0.717) is 12.1 Å². The lowest BCUT2D eigenvalue weighted by Crippen LogP contribution is -2.35. The number of urea groups is 1. The fraction of sp³-hybridized carbons (Fsp3) is 0.286. The Morgan fingerprint density at radius 1 is 1.32 bits per heavy atom. The number of carbonyl (C=O) groups excluding carboxylic acids is 3. The van der Waals surface area contributed by atoms with E-state index in [-0.39, 0.29) is 19.5 Å². The first-order valence-electron chi connectivity index (χ1n) is 6.63. The molecule has 22 heavy (non-hydrogen) atoms. The fourth-order valence-electron chi connectivity index (χ4n) is 2.04. The molecule has 0 unspecified atom stereocenters. The molecule has 0 spiro atoms. The van der Waals surface area contributed by atoms with Gasteiger partial charge in [0.1, 0.15) is 13.1 Å². The molecule has 0 atom stereocenters. The summed E-state index contributed by atoms with van der Waals surface area (Å²) < 4.78 is 0. The van der Waals surface area contributed by atoms with Crippen molar-refractivity contribution in [3.8, 4) is 0 Å². The second-order valence-electron chi connectivity index (χ2n) is 4.85. The third-order valence-corrected chi connectivity index (χ3v) is 3.04. The van der Waals surface area contributed by atoms with Gasteiger partial charge in [-0.15, -0.1) is 0 Å². The summed E-state index contributed by atoms with van der Waals surface area (Å²) >= 11 is 0.